The predicted octanol–water partition coefficient (Wildman–Crippen LogP) is 3.54. The van der Waals surface area contributed by atoms with Crippen LogP contribution in [0.15, 0.2) is 0 Å². The first-order valence-electron chi connectivity index (χ1n) is 8.39. The van der Waals surface area contributed by atoms with Crippen LogP contribution in [0, 0.1) is 23.7 Å². The van der Waals surface area contributed by atoms with Gasteiger partial charge in [0.1, 0.15) is 0 Å². The van der Waals surface area contributed by atoms with Crippen LogP contribution in [-0.2, 0) is 0 Å². The highest BCUT2D eigenvalue weighted by Gasteiger charge is 2.33. The third-order valence-electron chi connectivity index (χ3n) is 5.64. The van der Waals surface area contributed by atoms with E-state index in [-0.39, 0.29) is 6.10 Å². The van der Waals surface area contributed by atoms with Gasteiger partial charge < -0.3 is 10.0 Å². The van der Waals surface area contributed by atoms with E-state index in [1.807, 2.05) is 0 Å². The summed E-state index contributed by atoms with van der Waals surface area (Å²) >= 11 is 0. The summed E-state index contributed by atoms with van der Waals surface area (Å²) in [6.07, 6.45) is 6.12. The zero-order chi connectivity index (χ0) is 14.0. The van der Waals surface area contributed by atoms with Crippen LogP contribution in [0.5, 0.6) is 0 Å². The quantitative estimate of drug-likeness (QED) is 0.845. The lowest BCUT2D eigenvalue weighted by Gasteiger charge is -2.42. The number of aliphatic hydroxyl groups is 1. The first kappa shape index (κ1) is 15.3. The van der Waals surface area contributed by atoms with Crippen molar-refractivity contribution in [1.82, 2.24) is 4.90 Å². The lowest BCUT2D eigenvalue weighted by atomic mass is 9.74. The minimum absolute atomic E-state index is 0.0561. The summed E-state index contributed by atoms with van der Waals surface area (Å²) in [4.78, 5) is 2.64. The first-order chi connectivity index (χ1) is 8.97. The summed E-state index contributed by atoms with van der Waals surface area (Å²) in [7, 11) is 0. The van der Waals surface area contributed by atoms with Crippen molar-refractivity contribution in [3.05, 3.63) is 0 Å². The predicted molar refractivity (Wildman–Crippen MR) is 81.1 cm³/mol. The van der Waals surface area contributed by atoms with Crippen LogP contribution in [0.2, 0.25) is 0 Å². The second-order valence-electron chi connectivity index (χ2n) is 7.63. The fourth-order valence-electron chi connectivity index (χ4n) is 4.02. The van der Waals surface area contributed by atoms with Crippen molar-refractivity contribution in [2.45, 2.75) is 71.9 Å². The van der Waals surface area contributed by atoms with Gasteiger partial charge in [0.05, 0.1) is 6.10 Å². The average Bonchev–Trinajstić information content (AvgIpc) is 2.36. The molecule has 2 fully saturated rings. The second-order valence-corrected chi connectivity index (χ2v) is 7.63. The van der Waals surface area contributed by atoms with Crippen molar-refractivity contribution >= 4 is 0 Å². The Labute approximate surface area is 119 Å². The van der Waals surface area contributed by atoms with Crippen molar-refractivity contribution < 1.29 is 5.11 Å². The zero-order valence-electron chi connectivity index (χ0n) is 13.3. The van der Waals surface area contributed by atoms with Crippen LogP contribution in [0.1, 0.15) is 59.8 Å². The van der Waals surface area contributed by atoms with Gasteiger partial charge in [0.15, 0.2) is 0 Å². The van der Waals surface area contributed by atoms with E-state index < -0.39 is 0 Å². The Hall–Kier alpha value is -0.0800. The fraction of sp³-hybridized carbons (Fsp3) is 1.00. The Morgan fingerprint density at radius 2 is 1.84 bits per heavy atom. The molecule has 0 radical (unpaired) electrons. The van der Waals surface area contributed by atoms with Crippen LogP contribution in [-0.4, -0.2) is 35.2 Å². The van der Waals surface area contributed by atoms with Gasteiger partial charge in [-0.1, -0.05) is 20.8 Å². The molecule has 2 nitrogen and oxygen atoms in total. The molecule has 0 amide bonds. The van der Waals surface area contributed by atoms with Crippen LogP contribution in [0.4, 0.5) is 0 Å². The number of hydrogen-bond donors (Lipinski definition) is 1. The van der Waals surface area contributed by atoms with E-state index >= 15 is 0 Å². The van der Waals surface area contributed by atoms with Crippen molar-refractivity contribution in [3.63, 3.8) is 0 Å². The molecule has 0 aromatic heterocycles. The normalized spacial score (nSPS) is 41.7. The number of piperidine rings is 1. The monoisotopic (exact) mass is 267 g/mol. The highest BCUT2D eigenvalue weighted by atomic mass is 16.3. The largest absolute Gasteiger partial charge is 0.393 e. The topological polar surface area (TPSA) is 23.5 Å². The van der Waals surface area contributed by atoms with Crippen LogP contribution < -0.4 is 0 Å². The summed E-state index contributed by atoms with van der Waals surface area (Å²) in [5.41, 5.74) is 0. The number of aliphatic hydroxyl groups excluding tert-OH is 1. The third-order valence-corrected chi connectivity index (χ3v) is 5.64. The molecule has 1 saturated heterocycles. The van der Waals surface area contributed by atoms with Gasteiger partial charge in [-0.15, -0.1) is 0 Å². The van der Waals surface area contributed by atoms with Crippen molar-refractivity contribution in [2.24, 2.45) is 23.7 Å². The van der Waals surface area contributed by atoms with Crippen molar-refractivity contribution in [1.29, 1.82) is 0 Å². The smallest absolute Gasteiger partial charge is 0.0580 e. The molecule has 112 valence electrons. The second kappa shape index (κ2) is 6.58. The SMILES string of the molecule is CC1CCC(C)N(CC2CC(C(C)C)CCC2O)C1. The van der Waals surface area contributed by atoms with Gasteiger partial charge >= 0.3 is 0 Å². The molecule has 2 aliphatic rings. The lowest BCUT2D eigenvalue weighted by Crippen LogP contribution is -2.47. The minimum atomic E-state index is -0.0561. The lowest BCUT2D eigenvalue weighted by molar-refractivity contribution is 0.00122. The molecule has 1 aliphatic carbocycles. The summed E-state index contributed by atoms with van der Waals surface area (Å²) in [6, 6.07) is 0.711. The zero-order valence-corrected chi connectivity index (χ0v) is 13.3. The molecule has 2 rings (SSSR count). The first-order valence-corrected chi connectivity index (χ1v) is 8.39. The van der Waals surface area contributed by atoms with Crippen LogP contribution in [0.3, 0.4) is 0 Å². The van der Waals surface area contributed by atoms with E-state index in [0.29, 0.717) is 12.0 Å². The molecule has 0 aromatic rings. The highest BCUT2D eigenvalue weighted by molar-refractivity contribution is 4.86. The molecule has 0 spiro atoms. The van der Waals surface area contributed by atoms with Gasteiger partial charge in [0.2, 0.25) is 0 Å². The van der Waals surface area contributed by atoms with Gasteiger partial charge in [-0.05, 0) is 62.7 Å². The van der Waals surface area contributed by atoms with Gasteiger partial charge in [0.25, 0.3) is 0 Å². The third kappa shape index (κ3) is 3.95. The minimum Gasteiger partial charge on any atom is -0.393 e. The molecule has 0 bridgehead atoms. The van der Waals surface area contributed by atoms with E-state index in [4.69, 9.17) is 0 Å². The maximum Gasteiger partial charge on any atom is 0.0580 e. The van der Waals surface area contributed by atoms with E-state index in [1.165, 1.54) is 32.2 Å². The van der Waals surface area contributed by atoms with Crippen LogP contribution in [0.25, 0.3) is 0 Å². The Balaban J connectivity index is 1.92. The molecule has 2 heteroatoms. The van der Waals surface area contributed by atoms with Crippen molar-refractivity contribution in [3.8, 4) is 0 Å². The molecule has 19 heavy (non-hydrogen) atoms. The Morgan fingerprint density at radius 3 is 2.53 bits per heavy atom. The van der Waals surface area contributed by atoms with E-state index in [9.17, 15) is 5.11 Å². The summed E-state index contributed by atoms with van der Waals surface area (Å²) in [5, 5.41) is 10.3. The average molecular weight is 267 g/mol. The van der Waals surface area contributed by atoms with Gasteiger partial charge in [-0.25, -0.2) is 0 Å². The van der Waals surface area contributed by atoms with Gasteiger partial charge in [0, 0.05) is 19.1 Å². The Morgan fingerprint density at radius 1 is 1.11 bits per heavy atom. The molecule has 0 aromatic carbocycles. The Bertz CT molecular complexity index is 278. The highest BCUT2D eigenvalue weighted by Crippen LogP contribution is 2.35. The van der Waals surface area contributed by atoms with Crippen molar-refractivity contribution in [2.75, 3.05) is 13.1 Å². The number of nitrogens with zero attached hydrogens (tertiary/aromatic N) is 1. The van der Waals surface area contributed by atoms with E-state index in [2.05, 4.69) is 32.6 Å². The molecule has 1 N–H and O–H groups in total. The molecule has 1 heterocycles. The maximum atomic E-state index is 10.3. The molecule has 1 aliphatic heterocycles. The molecule has 1 saturated carbocycles. The maximum absolute atomic E-state index is 10.3. The van der Waals surface area contributed by atoms with E-state index in [1.54, 1.807) is 0 Å². The summed E-state index contributed by atoms with van der Waals surface area (Å²) in [5.74, 6) is 2.94. The molecule has 5 atom stereocenters. The standard InChI is InChI=1S/C17H33NO/c1-12(2)15-7-8-17(19)16(9-15)11-18-10-13(3)5-6-14(18)4/h12-17,19H,5-11H2,1-4H3. The van der Waals surface area contributed by atoms with Gasteiger partial charge in [-0.3, -0.25) is 0 Å². The van der Waals surface area contributed by atoms with Crippen LogP contribution >= 0.6 is 0 Å². The fourth-order valence-corrected chi connectivity index (χ4v) is 4.02. The number of hydrogen-bond acceptors (Lipinski definition) is 2. The number of rotatable bonds is 3. The number of likely N-dealkylation sites (tertiary alicyclic amines) is 1. The molecular weight excluding hydrogens is 234 g/mol. The summed E-state index contributed by atoms with van der Waals surface area (Å²) in [6.45, 7) is 11.8. The van der Waals surface area contributed by atoms with Gasteiger partial charge in [-0.2, -0.15) is 0 Å². The van der Waals surface area contributed by atoms with E-state index in [0.717, 1.165) is 30.7 Å². The molecular formula is C17H33NO. The molecule has 5 unspecified atom stereocenters. The summed E-state index contributed by atoms with van der Waals surface area (Å²) < 4.78 is 0. The Kier molecular flexibility index (Phi) is 5.30.